The molecule has 0 amide bonds. The van der Waals surface area contributed by atoms with E-state index in [4.69, 9.17) is 0 Å². The van der Waals surface area contributed by atoms with E-state index in [9.17, 15) is 0 Å². The van der Waals surface area contributed by atoms with Crippen LogP contribution in [0.4, 0.5) is 0 Å². The van der Waals surface area contributed by atoms with E-state index in [-0.39, 0.29) is 0 Å². The Balaban J connectivity index is 2.32. The lowest BCUT2D eigenvalue weighted by atomic mass is 10.3. The molecule has 0 radical (unpaired) electrons. The molecular weight excluding hydrogens is 91.0 g/mol. The van der Waals surface area contributed by atoms with Crippen molar-refractivity contribution < 1.29 is 0 Å². The van der Waals surface area contributed by atoms with Gasteiger partial charge < -0.3 is 0 Å². The molecule has 34 valence electrons. The highest BCUT2D eigenvalue weighted by Gasteiger charge is 2.00. The predicted octanol–water partition coefficient (Wildman–Crippen LogP) is 1.58. The third kappa shape index (κ3) is 0.815. The molecule has 0 saturated heterocycles. The van der Waals surface area contributed by atoms with Crippen molar-refractivity contribution >= 4 is 9.24 Å². The average molecular weight is 100 g/mol. The largest absolute Gasteiger partial charge is 0.134 e. The predicted molar refractivity (Wildman–Crippen MR) is 31.9 cm³/mol. The first-order chi connectivity index (χ1) is 2.89. The molecule has 0 fully saturated rings. The van der Waals surface area contributed by atoms with Crippen molar-refractivity contribution in [2.45, 2.75) is 18.5 Å². The molecule has 1 atom stereocenters. The molecule has 0 aliphatic heterocycles. The number of allylic oxidation sites excluding steroid dienone is 2. The second-order valence-corrected chi connectivity index (χ2v) is 2.65. The maximum absolute atomic E-state index is 2.81. The fourth-order valence-corrected chi connectivity index (χ4v) is 0.953. The molecule has 1 aliphatic carbocycles. The standard InChI is InChI=1S/C5H9P/c6-5-3-1-2-4-5/h1-2,5H,3-4,6H2. The van der Waals surface area contributed by atoms with Crippen molar-refractivity contribution in [3.8, 4) is 0 Å². The van der Waals surface area contributed by atoms with Gasteiger partial charge in [-0.1, -0.05) is 12.2 Å². The Kier molecular flexibility index (Phi) is 1.26. The van der Waals surface area contributed by atoms with Gasteiger partial charge in [-0.25, -0.2) is 0 Å². The van der Waals surface area contributed by atoms with Gasteiger partial charge in [0.1, 0.15) is 0 Å². The number of rotatable bonds is 0. The van der Waals surface area contributed by atoms with Crippen LogP contribution in [0.5, 0.6) is 0 Å². The van der Waals surface area contributed by atoms with E-state index in [1.165, 1.54) is 12.8 Å². The Morgan fingerprint density at radius 3 is 2.00 bits per heavy atom. The third-order valence-electron chi connectivity index (χ3n) is 1.04. The maximum Gasteiger partial charge on any atom is -0.0195 e. The molecule has 0 bridgehead atoms. The Hall–Kier alpha value is 0.170. The van der Waals surface area contributed by atoms with Crippen molar-refractivity contribution in [2.24, 2.45) is 0 Å². The van der Waals surface area contributed by atoms with Gasteiger partial charge in [0.2, 0.25) is 0 Å². The fraction of sp³-hybridized carbons (Fsp3) is 0.600. The van der Waals surface area contributed by atoms with Crippen LogP contribution in [-0.4, -0.2) is 5.66 Å². The van der Waals surface area contributed by atoms with E-state index in [1.807, 2.05) is 0 Å². The van der Waals surface area contributed by atoms with Gasteiger partial charge >= 0.3 is 0 Å². The minimum atomic E-state index is 0.852. The quantitative estimate of drug-likeness (QED) is 0.320. The van der Waals surface area contributed by atoms with Gasteiger partial charge in [-0.05, 0) is 18.5 Å². The Bertz CT molecular complexity index is 58.3. The highest BCUT2D eigenvalue weighted by Crippen LogP contribution is 2.17. The Labute approximate surface area is 40.8 Å². The van der Waals surface area contributed by atoms with Crippen molar-refractivity contribution in [1.29, 1.82) is 0 Å². The molecule has 0 spiro atoms. The van der Waals surface area contributed by atoms with Crippen LogP contribution in [-0.2, 0) is 0 Å². The average Bonchev–Trinajstić information content (AvgIpc) is 1.86. The summed E-state index contributed by atoms with van der Waals surface area (Å²) < 4.78 is 0. The SMILES string of the molecule is PC1CC=CC1. The summed E-state index contributed by atoms with van der Waals surface area (Å²) in [6.07, 6.45) is 7.00. The van der Waals surface area contributed by atoms with Gasteiger partial charge in [-0.3, -0.25) is 0 Å². The van der Waals surface area contributed by atoms with Gasteiger partial charge in [0.15, 0.2) is 0 Å². The van der Waals surface area contributed by atoms with Crippen molar-refractivity contribution in [3.05, 3.63) is 12.2 Å². The zero-order valence-corrected chi connectivity index (χ0v) is 4.88. The van der Waals surface area contributed by atoms with Crippen molar-refractivity contribution in [2.75, 3.05) is 0 Å². The summed E-state index contributed by atoms with van der Waals surface area (Å²) in [6, 6.07) is 0. The molecule has 0 N–H and O–H groups in total. The van der Waals surface area contributed by atoms with Gasteiger partial charge in [-0.2, -0.15) is 0 Å². The van der Waals surface area contributed by atoms with Gasteiger partial charge in [-0.15, -0.1) is 9.24 Å². The van der Waals surface area contributed by atoms with Crippen molar-refractivity contribution in [3.63, 3.8) is 0 Å². The van der Waals surface area contributed by atoms with Crippen LogP contribution in [0.15, 0.2) is 12.2 Å². The van der Waals surface area contributed by atoms with Gasteiger partial charge in [0.05, 0.1) is 0 Å². The van der Waals surface area contributed by atoms with Crippen LogP contribution >= 0.6 is 9.24 Å². The summed E-state index contributed by atoms with van der Waals surface area (Å²) in [5.74, 6) is 0. The fourth-order valence-electron chi connectivity index (χ4n) is 0.638. The Morgan fingerprint density at radius 1 is 1.33 bits per heavy atom. The lowest BCUT2D eigenvalue weighted by Gasteiger charge is -1.92. The molecule has 0 nitrogen and oxygen atoms in total. The Morgan fingerprint density at radius 2 is 1.83 bits per heavy atom. The molecule has 0 aromatic carbocycles. The molecular formula is C5H9P. The lowest BCUT2D eigenvalue weighted by molar-refractivity contribution is 0.955. The van der Waals surface area contributed by atoms with Crippen LogP contribution in [0.1, 0.15) is 12.8 Å². The van der Waals surface area contributed by atoms with E-state index in [1.54, 1.807) is 0 Å². The molecule has 0 saturated carbocycles. The smallest absolute Gasteiger partial charge is 0.0195 e. The van der Waals surface area contributed by atoms with E-state index >= 15 is 0 Å². The second-order valence-electron chi connectivity index (χ2n) is 1.70. The monoisotopic (exact) mass is 100 g/mol. The molecule has 0 aromatic heterocycles. The summed E-state index contributed by atoms with van der Waals surface area (Å²) in [4.78, 5) is 0. The summed E-state index contributed by atoms with van der Waals surface area (Å²) in [6.45, 7) is 0. The summed E-state index contributed by atoms with van der Waals surface area (Å²) in [5, 5.41) is 0. The van der Waals surface area contributed by atoms with Crippen LogP contribution in [0.25, 0.3) is 0 Å². The van der Waals surface area contributed by atoms with E-state index in [0.717, 1.165) is 5.66 Å². The van der Waals surface area contributed by atoms with Crippen molar-refractivity contribution in [1.82, 2.24) is 0 Å². The first kappa shape index (κ1) is 4.33. The topological polar surface area (TPSA) is 0 Å². The third-order valence-corrected chi connectivity index (χ3v) is 1.59. The minimum Gasteiger partial charge on any atom is -0.134 e. The van der Waals surface area contributed by atoms with Gasteiger partial charge in [0.25, 0.3) is 0 Å². The number of hydrogen-bond donors (Lipinski definition) is 0. The van der Waals surface area contributed by atoms with Gasteiger partial charge in [0, 0.05) is 0 Å². The molecule has 6 heavy (non-hydrogen) atoms. The minimum absolute atomic E-state index is 0.852. The normalized spacial score (nSPS) is 22.8. The van der Waals surface area contributed by atoms with Crippen LogP contribution in [0.3, 0.4) is 0 Å². The maximum atomic E-state index is 2.81. The lowest BCUT2D eigenvalue weighted by Crippen LogP contribution is -1.83. The molecule has 1 aliphatic rings. The summed E-state index contributed by atoms with van der Waals surface area (Å²) >= 11 is 0. The number of hydrogen-bond acceptors (Lipinski definition) is 0. The first-order valence-corrected chi connectivity index (χ1v) is 2.97. The molecule has 0 aromatic rings. The van der Waals surface area contributed by atoms with Crippen LogP contribution < -0.4 is 0 Å². The highest BCUT2D eigenvalue weighted by molar-refractivity contribution is 7.17. The highest BCUT2D eigenvalue weighted by atomic mass is 31.0. The molecule has 0 heterocycles. The van der Waals surface area contributed by atoms with E-state index in [0.29, 0.717) is 0 Å². The summed E-state index contributed by atoms with van der Waals surface area (Å²) in [5.41, 5.74) is 0.852. The second kappa shape index (κ2) is 1.75. The molecule has 1 rings (SSSR count). The zero-order valence-electron chi connectivity index (χ0n) is 3.72. The van der Waals surface area contributed by atoms with E-state index in [2.05, 4.69) is 21.4 Å². The molecule has 1 unspecified atom stereocenters. The van der Waals surface area contributed by atoms with Crippen LogP contribution in [0.2, 0.25) is 0 Å². The van der Waals surface area contributed by atoms with Crippen LogP contribution in [0, 0.1) is 0 Å². The molecule has 1 heteroatoms. The summed E-state index contributed by atoms with van der Waals surface area (Å²) in [7, 11) is 2.81. The zero-order chi connectivity index (χ0) is 4.41. The van der Waals surface area contributed by atoms with E-state index < -0.39 is 0 Å². The first-order valence-electron chi connectivity index (χ1n) is 2.30.